The maximum Gasteiger partial charge on any atom is 0.0840 e. The van der Waals surface area contributed by atoms with Gasteiger partial charge in [-0.3, -0.25) is 0 Å². The summed E-state index contributed by atoms with van der Waals surface area (Å²) in [5.41, 5.74) is 7.05. The van der Waals surface area contributed by atoms with Crippen molar-refractivity contribution >= 4 is 22.7 Å². The van der Waals surface area contributed by atoms with Gasteiger partial charge in [-0.1, -0.05) is 133 Å². The number of nitrogens with zero attached hydrogens (tertiary/aromatic N) is 2. The number of rotatable bonds is 9. The van der Waals surface area contributed by atoms with Crippen LogP contribution in [0.5, 0.6) is 0 Å². The highest BCUT2D eigenvalue weighted by molar-refractivity contribution is 5.70. The van der Waals surface area contributed by atoms with Crippen molar-refractivity contribution in [1.29, 1.82) is 0 Å². The second-order valence-electron chi connectivity index (χ2n) is 9.79. The summed E-state index contributed by atoms with van der Waals surface area (Å²) in [5, 5.41) is 0. The number of anilines is 4. The Kier molecular flexibility index (Phi) is 7.68. The molecule has 0 aliphatic heterocycles. The van der Waals surface area contributed by atoms with E-state index in [1.165, 1.54) is 11.1 Å². The molecule has 0 aliphatic rings. The molecule has 0 unspecified atom stereocenters. The summed E-state index contributed by atoms with van der Waals surface area (Å²) in [7, 11) is 0. The van der Waals surface area contributed by atoms with Crippen LogP contribution < -0.4 is 9.80 Å². The lowest BCUT2D eigenvalue weighted by Gasteiger charge is -2.45. The average molecular weight is 517 g/mol. The van der Waals surface area contributed by atoms with Crippen LogP contribution in [0.25, 0.3) is 0 Å². The van der Waals surface area contributed by atoms with E-state index in [0.29, 0.717) is 0 Å². The Hall–Kier alpha value is -5.08. The molecule has 0 spiro atoms. The number of hydrogen-bond donors (Lipinski definition) is 0. The predicted octanol–water partition coefficient (Wildman–Crippen LogP) is 10.1. The molecule has 0 aliphatic carbocycles. The van der Waals surface area contributed by atoms with E-state index < -0.39 is 0 Å². The van der Waals surface area contributed by atoms with Crippen LogP contribution in [-0.2, 0) is 0 Å². The van der Waals surface area contributed by atoms with E-state index in [4.69, 9.17) is 0 Å². The first kappa shape index (κ1) is 25.2. The fourth-order valence-corrected chi connectivity index (χ4v) is 5.54. The van der Waals surface area contributed by atoms with Crippen LogP contribution in [0.4, 0.5) is 22.7 Å². The van der Waals surface area contributed by atoms with E-state index in [1.807, 2.05) is 0 Å². The van der Waals surface area contributed by atoms with Gasteiger partial charge < -0.3 is 9.80 Å². The van der Waals surface area contributed by atoms with E-state index in [9.17, 15) is 0 Å². The molecule has 0 saturated carbocycles. The van der Waals surface area contributed by atoms with Crippen LogP contribution in [-0.4, -0.2) is 0 Å². The molecular formula is C38H32N2. The number of para-hydroxylation sites is 4. The molecule has 2 heteroatoms. The van der Waals surface area contributed by atoms with E-state index >= 15 is 0 Å². The van der Waals surface area contributed by atoms with E-state index in [1.54, 1.807) is 0 Å². The zero-order valence-corrected chi connectivity index (χ0v) is 22.4. The van der Waals surface area contributed by atoms with Gasteiger partial charge >= 0.3 is 0 Å². The first-order valence-corrected chi connectivity index (χ1v) is 13.8. The van der Waals surface area contributed by atoms with Gasteiger partial charge in [-0.2, -0.15) is 0 Å². The van der Waals surface area contributed by atoms with Crippen LogP contribution in [0.2, 0.25) is 0 Å². The molecule has 0 aromatic heterocycles. The largest absolute Gasteiger partial charge is 0.331 e. The van der Waals surface area contributed by atoms with Crippen molar-refractivity contribution in [2.45, 2.75) is 12.1 Å². The van der Waals surface area contributed by atoms with Crippen molar-refractivity contribution in [2.75, 3.05) is 9.80 Å². The normalized spacial score (nSPS) is 12.3. The van der Waals surface area contributed by atoms with Gasteiger partial charge in [0, 0.05) is 22.7 Å². The summed E-state index contributed by atoms with van der Waals surface area (Å²) in [6.07, 6.45) is 0. The van der Waals surface area contributed by atoms with Crippen molar-refractivity contribution in [3.8, 4) is 0 Å². The second-order valence-corrected chi connectivity index (χ2v) is 9.79. The van der Waals surface area contributed by atoms with E-state index in [2.05, 4.69) is 192 Å². The van der Waals surface area contributed by atoms with E-state index in [-0.39, 0.29) is 12.1 Å². The maximum absolute atomic E-state index is 2.49. The predicted molar refractivity (Wildman–Crippen MR) is 168 cm³/mol. The van der Waals surface area contributed by atoms with Gasteiger partial charge in [0.15, 0.2) is 0 Å². The van der Waals surface area contributed by atoms with Crippen LogP contribution in [0.15, 0.2) is 182 Å². The van der Waals surface area contributed by atoms with Crippen LogP contribution >= 0.6 is 0 Å². The Morgan fingerprint density at radius 2 is 0.450 bits per heavy atom. The minimum Gasteiger partial charge on any atom is -0.331 e. The van der Waals surface area contributed by atoms with Gasteiger partial charge in [-0.25, -0.2) is 0 Å². The van der Waals surface area contributed by atoms with Crippen molar-refractivity contribution in [2.24, 2.45) is 0 Å². The molecule has 0 bridgehead atoms. The van der Waals surface area contributed by atoms with Crippen LogP contribution in [0, 0.1) is 0 Å². The molecule has 40 heavy (non-hydrogen) atoms. The van der Waals surface area contributed by atoms with Gasteiger partial charge in [-0.05, 0) is 59.7 Å². The minimum absolute atomic E-state index is 0.0752. The van der Waals surface area contributed by atoms with Gasteiger partial charge in [0.05, 0.1) is 12.1 Å². The summed E-state index contributed by atoms with van der Waals surface area (Å²) in [6.45, 7) is 0. The fourth-order valence-electron chi connectivity index (χ4n) is 5.54. The minimum atomic E-state index is -0.0752. The molecule has 0 amide bonds. The van der Waals surface area contributed by atoms with E-state index in [0.717, 1.165) is 22.7 Å². The third-order valence-corrected chi connectivity index (χ3v) is 7.28. The Bertz CT molecular complexity index is 1370. The Morgan fingerprint density at radius 1 is 0.250 bits per heavy atom. The van der Waals surface area contributed by atoms with Crippen molar-refractivity contribution in [3.05, 3.63) is 193 Å². The van der Waals surface area contributed by atoms with Crippen LogP contribution in [0.3, 0.4) is 0 Å². The average Bonchev–Trinajstić information content (AvgIpc) is 3.05. The molecule has 194 valence electrons. The molecule has 2 nitrogen and oxygen atoms in total. The monoisotopic (exact) mass is 516 g/mol. The van der Waals surface area contributed by atoms with Gasteiger partial charge in [0.25, 0.3) is 0 Å². The summed E-state index contributed by atoms with van der Waals surface area (Å²) in [6, 6.07) is 64.6. The highest BCUT2D eigenvalue weighted by Gasteiger charge is 2.36. The molecule has 0 heterocycles. The van der Waals surface area contributed by atoms with Gasteiger partial charge in [0.2, 0.25) is 0 Å². The lowest BCUT2D eigenvalue weighted by Crippen LogP contribution is -2.37. The third kappa shape index (κ3) is 5.39. The zero-order chi connectivity index (χ0) is 27.0. The smallest absolute Gasteiger partial charge is 0.0840 e. The van der Waals surface area contributed by atoms with Crippen LogP contribution in [0.1, 0.15) is 23.2 Å². The molecule has 0 N–H and O–H groups in total. The summed E-state index contributed by atoms with van der Waals surface area (Å²) in [5.74, 6) is 0. The Labute approximate surface area is 237 Å². The second kappa shape index (κ2) is 12.2. The summed E-state index contributed by atoms with van der Waals surface area (Å²) in [4.78, 5) is 4.98. The first-order chi connectivity index (χ1) is 19.9. The molecule has 0 radical (unpaired) electrons. The van der Waals surface area contributed by atoms with Crippen molar-refractivity contribution in [1.82, 2.24) is 0 Å². The number of benzene rings is 6. The summed E-state index contributed by atoms with van der Waals surface area (Å²) < 4.78 is 0. The molecule has 2 atom stereocenters. The molecule has 6 rings (SSSR count). The molecular weight excluding hydrogens is 484 g/mol. The summed E-state index contributed by atoms with van der Waals surface area (Å²) >= 11 is 0. The molecule has 6 aromatic carbocycles. The maximum atomic E-state index is 2.49. The fraction of sp³-hybridized carbons (Fsp3) is 0.0526. The SMILES string of the molecule is c1ccc([C@H]([C@@H](c2ccccc2)N(c2ccccc2)c2ccccc2)N(c2ccccc2)c2ccccc2)cc1. The Morgan fingerprint density at radius 3 is 0.675 bits per heavy atom. The first-order valence-electron chi connectivity index (χ1n) is 13.8. The van der Waals surface area contributed by atoms with Gasteiger partial charge in [0.1, 0.15) is 0 Å². The molecule has 6 aromatic rings. The topological polar surface area (TPSA) is 6.48 Å². The standard InChI is InChI=1S/C38H32N2/c1-7-19-31(20-8-1)37(39(33-23-11-3-12-24-33)34-25-13-4-14-26-34)38(32-21-9-2-10-22-32)40(35-27-15-5-16-28-35)36-29-17-6-18-30-36/h1-30,37-38H/t37-,38-/m1/s1. The lowest BCUT2D eigenvalue weighted by molar-refractivity contribution is 0.548. The Balaban J connectivity index is 1.67. The highest BCUT2D eigenvalue weighted by Crippen LogP contribution is 2.48. The molecule has 0 fully saturated rings. The molecule has 0 saturated heterocycles. The zero-order valence-electron chi connectivity index (χ0n) is 22.4. The van der Waals surface area contributed by atoms with Gasteiger partial charge in [-0.15, -0.1) is 0 Å². The van der Waals surface area contributed by atoms with Crippen molar-refractivity contribution < 1.29 is 0 Å². The quantitative estimate of drug-likeness (QED) is 0.189. The highest BCUT2D eigenvalue weighted by atomic mass is 15.3. The van der Waals surface area contributed by atoms with Crippen molar-refractivity contribution in [3.63, 3.8) is 0 Å². The third-order valence-electron chi connectivity index (χ3n) is 7.28. The number of hydrogen-bond acceptors (Lipinski definition) is 2. The lowest BCUT2D eigenvalue weighted by atomic mass is 9.88.